The molecule has 6 heteroatoms. The van der Waals surface area contributed by atoms with Crippen molar-refractivity contribution in [2.24, 2.45) is 0 Å². The third kappa shape index (κ3) is 3.54. The van der Waals surface area contributed by atoms with Gasteiger partial charge in [0.15, 0.2) is 0 Å². The highest BCUT2D eigenvalue weighted by atomic mass is 35.5. The van der Waals surface area contributed by atoms with Crippen LogP contribution >= 0.6 is 11.6 Å². The lowest BCUT2D eigenvalue weighted by molar-refractivity contribution is -0.116. The highest BCUT2D eigenvalue weighted by Crippen LogP contribution is 2.20. The fraction of sp³-hybridized carbons (Fsp3) is 0.231. The van der Waals surface area contributed by atoms with Gasteiger partial charge in [-0.15, -0.1) is 0 Å². The number of hydrogen-bond acceptors (Lipinski definition) is 2. The van der Waals surface area contributed by atoms with Crippen molar-refractivity contribution in [1.82, 2.24) is 9.55 Å². The summed E-state index contributed by atoms with van der Waals surface area (Å²) < 4.78 is 14.8. The van der Waals surface area contributed by atoms with E-state index in [0.29, 0.717) is 12.1 Å². The van der Waals surface area contributed by atoms with E-state index in [4.69, 9.17) is 11.6 Å². The van der Waals surface area contributed by atoms with E-state index in [9.17, 15) is 9.18 Å². The van der Waals surface area contributed by atoms with Crippen LogP contribution in [0.3, 0.4) is 0 Å². The van der Waals surface area contributed by atoms with E-state index < -0.39 is 5.82 Å². The Bertz CT molecular complexity index is 571. The molecule has 1 atom stereocenters. The van der Waals surface area contributed by atoms with Gasteiger partial charge in [0.05, 0.1) is 11.3 Å². The summed E-state index contributed by atoms with van der Waals surface area (Å²) in [5.41, 5.74) is 0.481. The lowest BCUT2D eigenvalue weighted by Crippen LogP contribution is -2.17. The maximum atomic E-state index is 13.0. The summed E-state index contributed by atoms with van der Waals surface area (Å²) in [4.78, 5) is 15.8. The molecule has 2 aromatic rings. The van der Waals surface area contributed by atoms with Crippen LogP contribution in [-0.4, -0.2) is 15.5 Å². The number of rotatable bonds is 4. The number of carbonyl (C=O) groups is 1. The molecule has 0 unspecified atom stereocenters. The summed E-state index contributed by atoms with van der Waals surface area (Å²) in [6.07, 6.45) is 5.42. The maximum Gasteiger partial charge on any atom is 0.226 e. The van der Waals surface area contributed by atoms with E-state index in [1.807, 2.05) is 11.5 Å². The van der Waals surface area contributed by atoms with Crippen LogP contribution in [0.1, 0.15) is 19.4 Å². The van der Waals surface area contributed by atoms with Gasteiger partial charge in [0.25, 0.3) is 0 Å². The molecular formula is C13H13ClFN3O. The molecule has 0 saturated carbocycles. The zero-order valence-electron chi connectivity index (χ0n) is 10.3. The first kappa shape index (κ1) is 13.5. The molecule has 4 nitrogen and oxygen atoms in total. The molecule has 1 aromatic carbocycles. The molecule has 0 aliphatic rings. The minimum absolute atomic E-state index is 0.00146. The van der Waals surface area contributed by atoms with E-state index >= 15 is 0 Å². The van der Waals surface area contributed by atoms with Crippen molar-refractivity contribution in [3.63, 3.8) is 0 Å². The van der Waals surface area contributed by atoms with Gasteiger partial charge in [0.2, 0.25) is 5.91 Å². The quantitative estimate of drug-likeness (QED) is 0.935. The van der Waals surface area contributed by atoms with Crippen molar-refractivity contribution in [2.45, 2.75) is 19.4 Å². The van der Waals surface area contributed by atoms with Crippen LogP contribution in [0, 0.1) is 5.82 Å². The van der Waals surface area contributed by atoms with Crippen molar-refractivity contribution in [3.05, 3.63) is 47.8 Å². The number of anilines is 1. The van der Waals surface area contributed by atoms with E-state index in [1.165, 1.54) is 18.2 Å². The highest BCUT2D eigenvalue weighted by Gasteiger charge is 2.11. The number of halogens is 2. The fourth-order valence-electron chi connectivity index (χ4n) is 1.69. The number of hydrogen-bond donors (Lipinski definition) is 1. The van der Waals surface area contributed by atoms with Crippen molar-refractivity contribution < 1.29 is 9.18 Å². The Morgan fingerprint density at radius 3 is 3.00 bits per heavy atom. The first-order chi connectivity index (χ1) is 9.06. The third-order valence-corrected chi connectivity index (χ3v) is 3.01. The van der Waals surface area contributed by atoms with Crippen molar-refractivity contribution in [2.75, 3.05) is 5.32 Å². The minimum atomic E-state index is -0.508. The predicted molar refractivity (Wildman–Crippen MR) is 71.6 cm³/mol. The molecule has 0 aliphatic carbocycles. The molecule has 1 heterocycles. The summed E-state index contributed by atoms with van der Waals surface area (Å²) >= 11 is 5.65. The van der Waals surface area contributed by atoms with Crippen LogP contribution in [-0.2, 0) is 4.79 Å². The van der Waals surface area contributed by atoms with Gasteiger partial charge < -0.3 is 9.88 Å². The van der Waals surface area contributed by atoms with Gasteiger partial charge in [-0.05, 0) is 25.1 Å². The molecule has 0 saturated heterocycles. The smallest absolute Gasteiger partial charge is 0.226 e. The van der Waals surface area contributed by atoms with Gasteiger partial charge in [-0.2, -0.15) is 0 Å². The Labute approximate surface area is 115 Å². The summed E-state index contributed by atoms with van der Waals surface area (Å²) in [5, 5.41) is 2.67. The lowest BCUT2D eigenvalue weighted by atomic mass is 10.2. The number of aromatic nitrogens is 2. The van der Waals surface area contributed by atoms with Crippen LogP contribution in [0.25, 0.3) is 0 Å². The number of benzene rings is 1. The number of carbonyl (C=O) groups excluding carboxylic acids is 1. The second-order valence-electron chi connectivity index (χ2n) is 4.24. The average molecular weight is 282 g/mol. The molecule has 2 rings (SSSR count). The fourth-order valence-corrected chi connectivity index (χ4v) is 1.87. The Balaban J connectivity index is 1.95. The number of nitrogens with one attached hydrogen (secondary N) is 1. The molecule has 100 valence electrons. The van der Waals surface area contributed by atoms with Crippen LogP contribution in [0.5, 0.6) is 0 Å². The highest BCUT2D eigenvalue weighted by molar-refractivity contribution is 6.31. The second kappa shape index (κ2) is 5.84. The topological polar surface area (TPSA) is 46.9 Å². The normalized spacial score (nSPS) is 12.2. The summed E-state index contributed by atoms with van der Waals surface area (Å²) in [7, 11) is 0. The third-order valence-electron chi connectivity index (χ3n) is 2.72. The average Bonchev–Trinajstić information content (AvgIpc) is 2.87. The Kier molecular flexibility index (Phi) is 4.16. The van der Waals surface area contributed by atoms with Crippen LogP contribution in [0.15, 0.2) is 36.9 Å². The van der Waals surface area contributed by atoms with Crippen LogP contribution in [0.4, 0.5) is 10.1 Å². The summed E-state index contributed by atoms with van der Waals surface area (Å²) in [6.45, 7) is 1.92. The second-order valence-corrected chi connectivity index (χ2v) is 4.65. The number of nitrogens with zero attached hydrogens (tertiary/aromatic N) is 2. The molecule has 1 aromatic heterocycles. The summed E-state index contributed by atoms with van der Waals surface area (Å²) in [5.74, 6) is -0.671. The standard InChI is InChI=1S/C13H13ClFN3O/c1-9(18-5-4-16-8-18)6-13(19)17-10-2-3-12(15)11(14)7-10/h2-5,7-9H,6H2,1H3,(H,17,19)/t9-/m0/s1. The van der Waals surface area contributed by atoms with Crippen molar-refractivity contribution in [1.29, 1.82) is 0 Å². The Morgan fingerprint density at radius 2 is 2.37 bits per heavy atom. The Hall–Kier alpha value is -1.88. The van der Waals surface area contributed by atoms with Gasteiger partial charge in [-0.1, -0.05) is 11.6 Å². The Morgan fingerprint density at radius 1 is 1.58 bits per heavy atom. The van der Waals surface area contributed by atoms with Gasteiger partial charge in [-0.25, -0.2) is 9.37 Å². The largest absolute Gasteiger partial charge is 0.334 e. The van der Waals surface area contributed by atoms with Crippen LogP contribution < -0.4 is 5.32 Å². The molecule has 1 N–H and O–H groups in total. The van der Waals surface area contributed by atoms with Gasteiger partial charge in [0.1, 0.15) is 5.82 Å². The molecule has 0 aliphatic heterocycles. The van der Waals surface area contributed by atoms with Crippen LogP contribution in [0.2, 0.25) is 5.02 Å². The van der Waals surface area contributed by atoms with Gasteiger partial charge in [-0.3, -0.25) is 4.79 Å². The zero-order valence-corrected chi connectivity index (χ0v) is 11.1. The van der Waals surface area contributed by atoms with Gasteiger partial charge in [0, 0.05) is 30.5 Å². The molecule has 1 amide bonds. The van der Waals surface area contributed by atoms with Crippen molar-refractivity contribution in [3.8, 4) is 0 Å². The zero-order chi connectivity index (χ0) is 13.8. The SMILES string of the molecule is C[C@@H](CC(=O)Nc1ccc(F)c(Cl)c1)n1ccnc1. The molecular weight excluding hydrogens is 269 g/mol. The minimum Gasteiger partial charge on any atom is -0.334 e. The van der Waals surface area contributed by atoms with E-state index in [0.717, 1.165) is 0 Å². The number of imidazole rings is 1. The first-order valence-corrected chi connectivity index (χ1v) is 6.16. The summed E-state index contributed by atoms with van der Waals surface area (Å²) in [6, 6.07) is 4.08. The molecule has 0 spiro atoms. The van der Waals surface area contributed by atoms with E-state index in [1.54, 1.807) is 18.7 Å². The molecule has 0 radical (unpaired) electrons. The monoisotopic (exact) mass is 281 g/mol. The van der Waals surface area contributed by atoms with Crippen molar-refractivity contribution >= 4 is 23.2 Å². The predicted octanol–water partition coefficient (Wildman–Crippen LogP) is 3.27. The maximum absolute atomic E-state index is 13.0. The van der Waals surface area contributed by atoms with E-state index in [-0.39, 0.29) is 17.0 Å². The molecule has 19 heavy (non-hydrogen) atoms. The number of amides is 1. The lowest BCUT2D eigenvalue weighted by Gasteiger charge is -2.13. The van der Waals surface area contributed by atoms with E-state index in [2.05, 4.69) is 10.3 Å². The van der Waals surface area contributed by atoms with Gasteiger partial charge >= 0.3 is 0 Å². The molecule has 0 bridgehead atoms. The molecule has 0 fully saturated rings. The first-order valence-electron chi connectivity index (χ1n) is 5.78.